The van der Waals surface area contributed by atoms with Gasteiger partial charge in [-0.05, 0) is 12.0 Å². The van der Waals surface area contributed by atoms with E-state index in [2.05, 4.69) is 39.3 Å². The quantitative estimate of drug-likeness (QED) is 0.690. The number of aromatic nitrogens is 3. The van der Waals surface area contributed by atoms with Gasteiger partial charge in [0, 0.05) is 18.3 Å². The predicted octanol–water partition coefficient (Wildman–Crippen LogP) is 3.84. The van der Waals surface area contributed by atoms with Gasteiger partial charge in [0.2, 0.25) is 0 Å². The molecule has 0 unspecified atom stereocenters. The SMILES string of the molecule is CCCCNc1ncnc2[nH]cc(-c3ccccc3)c12. The molecule has 2 aromatic heterocycles. The van der Waals surface area contributed by atoms with E-state index in [-0.39, 0.29) is 0 Å². The highest BCUT2D eigenvalue weighted by atomic mass is 15.0. The zero-order valence-corrected chi connectivity index (χ0v) is 11.6. The molecular formula is C16H18N4. The first-order chi connectivity index (χ1) is 9.90. The van der Waals surface area contributed by atoms with Gasteiger partial charge in [-0.25, -0.2) is 9.97 Å². The summed E-state index contributed by atoms with van der Waals surface area (Å²) in [6.45, 7) is 3.12. The Hall–Kier alpha value is -2.36. The van der Waals surface area contributed by atoms with Crippen molar-refractivity contribution in [3.05, 3.63) is 42.9 Å². The van der Waals surface area contributed by atoms with Crippen molar-refractivity contribution in [3.8, 4) is 11.1 Å². The Bertz CT molecular complexity index is 688. The number of H-pyrrole nitrogens is 1. The van der Waals surface area contributed by atoms with E-state index in [1.165, 1.54) is 12.0 Å². The summed E-state index contributed by atoms with van der Waals surface area (Å²) in [5.74, 6) is 0.906. The lowest BCUT2D eigenvalue weighted by Crippen LogP contribution is -2.03. The third-order valence-electron chi connectivity index (χ3n) is 3.38. The fraction of sp³-hybridized carbons (Fsp3) is 0.250. The van der Waals surface area contributed by atoms with Gasteiger partial charge in [-0.1, -0.05) is 43.7 Å². The first-order valence-corrected chi connectivity index (χ1v) is 7.01. The van der Waals surface area contributed by atoms with E-state index in [0.717, 1.165) is 35.4 Å². The molecule has 2 N–H and O–H groups in total. The number of fused-ring (bicyclic) bond motifs is 1. The zero-order chi connectivity index (χ0) is 13.8. The predicted molar refractivity (Wildman–Crippen MR) is 82.7 cm³/mol. The van der Waals surface area contributed by atoms with E-state index in [1.807, 2.05) is 24.4 Å². The van der Waals surface area contributed by atoms with Crippen LogP contribution in [0, 0.1) is 0 Å². The molecule has 0 atom stereocenters. The number of aromatic amines is 1. The number of unbranched alkanes of at least 4 members (excludes halogenated alkanes) is 1. The van der Waals surface area contributed by atoms with Gasteiger partial charge in [0.1, 0.15) is 17.8 Å². The molecular weight excluding hydrogens is 248 g/mol. The lowest BCUT2D eigenvalue weighted by molar-refractivity contribution is 0.831. The first-order valence-electron chi connectivity index (χ1n) is 7.01. The Morgan fingerprint density at radius 3 is 2.80 bits per heavy atom. The topological polar surface area (TPSA) is 53.6 Å². The molecule has 3 aromatic rings. The number of anilines is 1. The highest BCUT2D eigenvalue weighted by Crippen LogP contribution is 2.31. The second-order valence-corrected chi connectivity index (χ2v) is 4.79. The standard InChI is InChI=1S/C16H18N4/c1-2-3-9-17-15-14-13(12-7-5-4-6-8-12)10-18-16(14)20-11-19-15/h4-8,10-11H,2-3,9H2,1H3,(H2,17,18,19,20). The van der Waals surface area contributed by atoms with Crippen molar-refractivity contribution < 1.29 is 0 Å². The monoisotopic (exact) mass is 266 g/mol. The Balaban J connectivity index is 2.05. The first kappa shape index (κ1) is 12.7. The molecule has 0 saturated heterocycles. The average Bonchev–Trinajstić information content (AvgIpc) is 2.93. The highest BCUT2D eigenvalue weighted by Gasteiger charge is 2.11. The second kappa shape index (κ2) is 5.74. The smallest absolute Gasteiger partial charge is 0.143 e. The molecule has 0 bridgehead atoms. The molecule has 0 aliphatic carbocycles. The number of hydrogen-bond acceptors (Lipinski definition) is 3. The molecule has 0 fully saturated rings. The second-order valence-electron chi connectivity index (χ2n) is 4.79. The summed E-state index contributed by atoms with van der Waals surface area (Å²) >= 11 is 0. The summed E-state index contributed by atoms with van der Waals surface area (Å²) in [7, 11) is 0. The van der Waals surface area contributed by atoms with Crippen molar-refractivity contribution in [2.75, 3.05) is 11.9 Å². The minimum absolute atomic E-state index is 0.873. The van der Waals surface area contributed by atoms with Crippen LogP contribution >= 0.6 is 0 Å². The molecule has 3 rings (SSSR count). The largest absolute Gasteiger partial charge is 0.369 e. The van der Waals surface area contributed by atoms with E-state index >= 15 is 0 Å². The normalized spacial score (nSPS) is 10.8. The Kier molecular flexibility index (Phi) is 3.63. The third kappa shape index (κ3) is 2.37. The minimum Gasteiger partial charge on any atom is -0.369 e. The molecule has 20 heavy (non-hydrogen) atoms. The van der Waals surface area contributed by atoms with Crippen LogP contribution in [0.1, 0.15) is 19.8 Å². The van der Waals surface area contributed by atoms with Gasteiger partial charge < -0.3 is 10.3 Å². The van der Waals surface area contributed by atoms with Crippen molar-refractivity contribution in [3.63, 3.8) is 0 Å². The van der Waals surface area contributed by atoms with Crippen molar-refractivity contribution in [2.45, 2.75) is 19.8 Å². The highest BCUT2D eigenvalue weighted by molar-refractivity contribution is 6.00. The molecule has 2 heterocycles. The van der Waals surface area contributed by atoms with Gasteiger partial charge in [-0.2, -0.15) is 0 Å². The van der Waals surface area contributed by atoms with Crippen LogP contribution in [0.15, 0.2) is 42.9 Å². The molecule has 4 heteroatoms. The number of benzene rings is 1. The lowest BCUT2D eigenvalue weighted by atomic mass is 10.1. The Morgan fingerprint density at radius 2 is 2.00 bits per heavy atom. The van der Waals surface area contributed by atoms with Gasteiger partial charge in [-0.15, -0.1) is 0 Å². The number of rotatable bonds is 5. The molecule has 0 aliphatic rings. The third-order valence-corrected chi connectivity index (χ3v) is 3.38. The van der Waals surface area contributed by atoms with Crippen LogP contribution in [0.2, 0.25) is 0 Å². The summed E-state index contributed by atoms with van der Waals surface area (Å²) in [5.41, 5.74) is 3.19. The van der Waals surface area contributed by atoms with Gasteiger partial charge in [-0.3, -0.25) is 0 Å². The van der Waals surface area contributed by atoms with Gasteiger partial charge in [0.05, 0.1) is 5.39 Å². The zero-order valence-electron chi connectivity index (χ0n) is 11.6. The summed E-state index contributed by atoms with van der Waals surface area (Å²) in [4.78, 5) is 11.9. The maximum absolute atomic E-state index is 4.39. The van der Waals surface area contributed by atoms with Crippen molar-refractivity contribution in [1.29, 1.82) is 0 Å². The molecule has 102 valence electrons. The van der Waals surface area contributed by atoms with E-state index in [0.29, 0.717) is 0 Å². The van der Waals surface area contributed by atoms with Crippen molar-refractivity contribution in [2.24, 2.45) is 0 Å². The van der Waals surface area contributed by atoms with Gasteiger partial charge in [0.15, 0.2) is 0 Å². The Morgan fingerprint density at radius 1 is 1.15 bits per heavy atom. The van der Waals surface area contributed by atoms with Crippen LogP contribution in [0.25, 0.3) is 22.2 Å². The van der Waals surface area contributed by atoms with E-state index in [9.17, 15) is 0 Å². The number of nitrogens with zero attached hydrogens (tertiary/aromatic N) is 2. The maximum atomic E-state index is 4.39. The molecule has 4 nitrogen and oxygen atoms in total. The molecule has 0 amide bonds. The van der Waals surface area contributed by atoms with E-state index in [1.54, 1.807) is 6.33 Å². The molecule has 0 saturated carbocycles. The van der Waals surface area contributed by atoms with Crippen LogP contribution < -0.4 is 5.32 Å². The van der Waals surface area contributed by atoms with Crippen molar-refractivity contribution >= 4 is 16.9 Å². The summed E-state index contributed by atoms with van der Waals surface area (Å²) in [6, 6.07) is 10.3. The summed E-state index contributed by atoms with van der Waals surface area (Å²) in [6.07, 6.45) is 5.90. The van der Waals surface area contributed by atoms with Crippen molar-refractivity contribution in [1.82, 2.24) is 15.0 Å². The van der Waals surface area contributed by atoms with Crippen LogP contribution in [0.3, 0.4) is 0 Å². The lowest BCUT2D eigenvalue weighted by Gasteiger charge is -2.07. The average molecular weight is 266 g/mol. The van der Waals surface area contributed by atoms with E-state index in [4.69, 9.17) is 0 Å². The van der Waals surface area contributed by atoms with Crippen LogP contribution in [0.5, 0.6) is 0 Å². The summed E-state index contributed by atoms with van der Waals surface area (Å²) < 4.78 is 0. The van der Waals surface area contributed by atoms with Crippen LogP contribution in [-0.4, -0.2) is 21.5 Å². The van der Waals surface area contributed by atoms with Crippen LogP contribution in [-0.2, 0) is 0 Å². The van der Waals surface area contributed by atoms with Crippen LogP contribution in [0.4, 0.5) is 5.82 Å². The maximum Gasteiger partial charge on any atom is 0.143 e. The fourth-order valence-electron chi connectivity index (χ4n) is 2.33. The number of hydrogen-bond donors (Lipinski definition) is 2. The molecule has 0 radical (unpaired) electrons. The summed E-state index contributed by atoms with van der Waals surface area (Å²) in [5, 5.41) is 4.48. The molecule has 0 aliphatic heterocycles. The number of nitrogens with one attached hydrogen (secondary N) is 2. The van der Waals surface area contributed by atoms with E-state index < -0.39 is 0 Å². The molecule has 0 spiro atoms. The fourth-order valence-corrected chi connectivity index (χ4v) is 2.33. The molecule has 1 aromatic carbocycles. The van der Waals surface area contributed by atoms with Gasteiger partial charge in [0.25, 0.3) is 0 Å². The van der Waals surface area contributed by atoms with Gasteiger partial charge >= 0.3 is 0 Å². The Labute approximate surface area is 118 Å². The minimum atomic E-state index is 0.873.